The fraction of sp³-hybridized carbons (Fsp3) is 0.333. The lowest BCUT2D eigenvalue weighted by Gasteiger charge is -2.33. The van der Waals surface area contributed by atoms with Crippen LogP contribution in [-0.4, -0.2) is 48.9 Å². The number of amidine groups is 1. The molecule has 9 nitrogen and oxygen atoms in total. The van der Waals surface area contributed by atoms with Crippen LogP contribution in [0.5, 0.6) is 11.5 Å². The molecule has 0 radical (unpaired) electrons. The Balaban J connectivity index is 1.29. The number of fused-ring (bicyclic) bond motifs is 2. The van der Waals surface area contributed by atoms with Gasteiger partial charge in [-0.1, -0.05) is 6.07 Å². The number of likely N-dealkylation sites (tertiary alicyclic amines) is 1. The topological polar surface area (TPSA) is 130 Å². The number of aromatic nitrogens is 1. The second kappa shape index (κ2) is 8.77. The molecular formula is C24H27N5O4S. The molecule has 10 heteroatoms. The second-order valence-electron chi connectivity index (χ2n) is 8.91. The quantitative estimate of drug-likeness (QED) is 0.511. The maximum absolute atomic E-state index is 11.8. The van der Waals surface area contributed by atoms with Crippen molar-refractivity contribution in [1.29, 1.82) is 0 Å². The number of phenols is 1. The number of benzene rings is 2. The van der Waals surface area contributed by atoms with Crippen molar-refractivity contribution in [2.24, 2.45) is 16.0 Å². The highest BCUT2D eigenvalue weighted by molar-refractivity contribution is 7.91. The van der Waals surface area contributed by atoms with E-state index in [-0.39, 0.29) is 11.6 Å². The average molecular weight is 482 g/mol. The Morgan fingerprint density at radius 1 is 1.26 bits per heavy atom. The molecule has 2 aliphatic heterocycles. The SMILES string of the molecule is Cc1cc(CN2CCCC(COc3cccc4c3C(N)=NS(=O)(=O)N4)C2)c2cc(O)ccc2n1. The molecule has 4 N–H and O–H groups in total. The predicted octanol–water partition coefficient (Wildman–Crippen LogP) is 2.92. The van der Waals surface area contributed by atoms with Crippen molar-refractivity contribution in [3.8, 4) is 11.5 Å². The number of ether oxygens (including phenoxy) is 1. The van der Waals surface area contributed by atoms with Crippen molar-refractivity contribution < 1.29 is 18.3 Å². The van der Waals surface area contributed by atoms with Gasteiger partial charge in [0.15, 0.2) is 5.84 Å². The monoisotopic (exact) mass is 481 g/mol. The van der Waals surface area contributed by atoms with E-state index in [4.69, 9.17) is 10.5 Å². The Hall–Kier alpha value is -3.37. The fourth-order valence-electron chi connectivity index (χ4n) is 4.78. The van der Waals surface area contributed by atoms with Crippen LogP contribution in [0.1, 0.15) is 29.7 Å². The van der Waals surface area contributed by atoms with Gasteiger partial charge in [0.1, 0.15) is 11.5 Å². The van der Waals surface area contributed by atoms with E-state index in [2.05, 4.69) is 25.1 Å². The number of rotatable bonds is 5. The summed E-state index contributed by atoms with van der Waals surface area (Å²) in [5.41, 5.74) is 9.76. The van der Waals surface area contributed by atoms with Gasteiger partial charge in [0.05, 0.1) is 23.4 Å². The number of nitrogens with one attached hydrogen (secondary N) is 1. The Morgan fingerprint density at radius 3 is 2.97 bits per heavy atom. The molecule has 1 aromatic heterocycles. The molecule has 1 unspecified atom stereocenters. The molecule has 0 spiro atoms. The predicted molar refractivity (Wildman–Crippen MR) is 131 cm³/mol. The summed E-state index contributed by atoms with van der Waals surface area (Å²) < 4.78 is 35.7. The van der Waals surface area contributed by atoms with E-state index in [9.17, 15) is 13.5 Å². The van der Waals surface area contributed by atoms with Gasteiger partial charge < -0.3 is 15.6 Å². The zero-order valence-corrected chi connectivity index (χ0v) is 19.7. The lowest BCUT2D eigenvalue weighted by Crippen LogP contribution is -2.37. The van der Waals surface area contributed by atoms with Crippen LogP contribution in [0, 0.1) is 12.8 Å². The standard InChI is InChI=1S/C24H27N5O4S/c1-15-10-17(19-11-18(30)7-8-20(19)26-15)13-29-9-3-4-16(12-29)14-33-22-6-2-5-21-23(22)24(25)28-34(31,32)27-21/h2,5-8,10-11,16,27,30H,3-4,9,12-14H2,1H3,(H2,25,28). The van der Waals surface area contributed by atoms with Crippen LogP contribution in [0.2, 0.25) is 0 Å². The molecule has 0 aliphatic carbocycles. The molecule has 178 valence electrons. The van der Waals surface area contributed by atoms with E-state index in [1.807, 2.05) is 13.0 Å². The van der Waals surface area contributed by atoms with Gasteiger partial charge in [-0.05, 0) is 68.3 Å². The molecule has 3 heterocycles. The number of phenolic OH excluding ortho intramolecular Hbond substituents is 1. The van der Waals surface area contributed by atoms with Crippen LogP contribution in [0.3, 0.4) is 0 Å². The first-order valence-electron chi connectivity index (χ1n) is 11.2. The molecule has 2 aliphatic rings. The number of anilines is 1. The fourth-order valence-corrected chi connectivity index (χ4v) is 5.62. The zero-order valence-electron chi connectivity index (χ0n) is 18.9. The van der Waals surface area contributed by atoms with E-state index in [1.54, 1.807) is 30.3 Å². The van der Waals surface area contributed by atoms with Crippen LogP contribution < -0.4 is 15.2 Å². The number of aryl methyl sites for hydroxylation is 1. The van der Waals surface area contributed by atoms with Gasteiger partial charge in [-0.3, -0.25) is 14.6 Å². The van der Waals surface area contributed by atoms with Gasteiger partial charge >= 0.3 is 10.2 Å². The molecule has 2 aromatic carbocycles. The largest absolute Gasteiger partial charge is 0.508 e. The number of pyridine rings is 1. The summed E-state index contributed by atoms with van der Waals surface area (Å²) in [5, 5.41) is 10.9. The molecule has 0 amide bonds. The first kappa shape index (κ1) is 22.4. The average Bonchev–Trinajstić information content (AvgIpc) is 2.77. The van der Waals surface area contributed by atoms with Gasteiger partial charge in [0.2, 0.25) is 0 Å². The van der Waals surface area contributed by atoms with Crippen LogP contribution in [0.4, 0.5) is 5.69 Å². The molecule has 1 fully saturated rings. The maximum atomic E-state index is 11.8. The number of aromatic hydroxyl groups is 1. The van der Waals surface area contributed by atoms with Crippen molar-refractivity contribution in [3.05, 3.63) is 59.3 Å². The Labute approximate surface area is 198 Å². The van der Waals surface area contributed by atoms with E-state index >= 15 is 0 Å². The van der Waals surface area contributed by atoms with Crippen LogP contribution in [0.15, 0.2) is 46.9 Å². The summed E-state index contributed by atoms with van der Waals surface area (Å²) in [4.78, 5) is 6.99. The highest BCUT2D eigenvalue weighted by Gasteiger charge is 2.26. The molecule has 5 rings (SSSR count). The van der Waals surface area contributed by atoms with Crippen LogP contribution in [-0.2, 0) is 16.8 Å². The van der Waals surface area contributed by atoms with E-state index in [0.717, 1.165) is 54.6 Å². The van der Waals surface area contributed by atoms with Gasteiger partial charge in [-0.2, -0.15) is 8.42 Å². The Bertz CT molecular complexity index is 1390. The van der Waals surface area contributed by atoms with Gasteiger partial charge in [-0.25, -0.2) is 0 Å². The van der Waals surface area contributed by atoms with E-state index < -0.39 is 10.2 Å². The molecular weight excluding hydrogens is 454 g/mol. The molecule has 1 saturated heterocycles. The molecule has 0 saturated carbocycles. The minimum Gasteiger partial charge on any atom is -0.508 e. The first-order valence-corrected chi connectivity index (χ1v) is 12.7. The Morgan fingerprint density at radius 2 is 2.12 bits per heavy atom. The van der Waals surface area contributed by atoms with E-state index in [1.165, 1.54) is 0 Å². The van der Waals surface area contributed by atoms with Crippen LogP contribution >= 0.6 is 0 Å². The lowest BCUT2D eigenvalue weighted by atomic mass is 9.97. The Kier molecular flexibility index (Phi) is 5.78. The molecule has 3 aromatic rings. The number of hydrogen-bond acceptors (Lipinski definition) is 7. The van der Waals surface area contributed by atoms with Crippen molar-refractivity contribution in [3.63, 3.8) is 0 Å². The van der Waals surface area contributed by atoms with Gasteiger partial charge in [0.25, 0.3) is 0 Å². The summed E-state index contributed by atoms with van der Waals surface area (Å²) in [5.74, 6) is 0.994. The normalized spacial score (nSPS) is 19.8. The zero-order chi connectivity index (χ0) is 23.9. The highest BCUT2D eigenvalue weighted by Crippen LogP contribution is 2.31. The lowest BCUT2D eigenvalue weighted by molar-refractivity contribution is 0.125. The number of piperidine rings is 1. The molecule has 34 heavy (non-hydrogen) atoms. The molecule has 1 atom stereocenters. The summed E-state index contributed by atoms with van der Waals surface area (Å²) in [6, 6.07) is 12.5. The second-order valence-corrected chi connectivity index (χ2v) is 10.2. The van der Waals surface area contributed by atoms with Gasteiger partial charge in [-0.15, -0.1) is 4.40 Å². The smallest absolute Gasteiger partial charge is 0.344 e. The maximum Gasteiger partial charge on any atom is 0.344 e. The highest BCUT2D eigenvalue weighted by atomic mass is 32.2. The van der Waals surface area contributed by atoms with Crippen molar-refractivity contribution in [2.45, 2.75) is 26.3 Å². The third kappa shape index (κ3) is 4.64. The van der Waals surface area contributed by atoms with Crippen LogP contribution in [0.25, 0.3) is 10.9 Å². The van der Waals surface area contributed by atoms with E-state index in [0.29, 0.717) is 29.5 Å². The summed E-state index contributed by atoms with van der Waals surface area (Å²) in [7, 11) is -3.83. The third-order valence-electron chi connectivity index (χ3n) is 6.22. The number of hydrogen-bond donors (Lipinski definition) is 3. The van der Waals surface area contributed by atoms with Gasteiger partial charge in [0, 0.05) is 30.1 Å². The number of nitrogens with zero attached hydrogens (tertiary/aromatic N) is 3. The summed E-state index contributed by atoms with van der Waals surface area (Å²) in [6.07, 6.45) is 2.09. The first-order chi connectivity index (χ1) is 16.3. The van der Waals surface area contributed by atoms with Crippen molar-refractivity contribution in [1.82, 2.24) is 9.88 Å². The summed E-state index contributed by atoms with van der Waals surface area (Å²) in [6.45, 7) is 5.09. The number of nitrogens with two attached hydrogens (primary N) is 1. The minimum absolute atomic E-state index is 0.0715. The summed E-state index contributed by atoms with van der Waals surface area (Å²) >= 11 is 0. The molecule has 0 bridgehead atoms. The van der Waals surface area contributed by atoms with Crippen molar-refractivity contribution >= 4 is 32.6 Å². The minimum atomic E-state index is -3.83. The third-order valence-corrected chi connectivity index (χ3v) is 7.13. The van der Waals surface area contributed by atoms with Crippen molar-refractivity contribution in [2.75, 3.05) is 24.4 Å².